The highest BCUT2D eigenvalue weighted by atomic mass is 16.3. The summed E-state index contributed by atoms with van der Waals surface area (Å²) in [6, 6.07) is 7.65. The fourth-order valence-corrected chi connectivity index (χ4v) is 1.88. The molecule has 0 aromatic heterocycles. The third-order valence-corrected chi connectivity index (χ3v) is 3.10. The normalized spacial score (nSPS) is 10.2. The summed E-state index contributed by atoms with van der Waals surface area (Å²) in [6.45, 7) is 0. The highest BCUT2D eigenvalue weighted by Crippen LogP contribution is 2.28. The topological polar surface area (TPSA) is 139 Å². The van der Waals surface area contributed by atoms with E-state index >= 15 is 0 Å². The van der Waals surface area contributed by atoms with Gasteiger partial charge in [-0.15, -0.1) is 0 Å². The van der Waals surface area contributed by atoms with Crippen molar-refractivity contribution in [3.63, 3.8) is 0 Å². The summed E-state index contributed by atoms with van der Waals surface area (Å²) >= 11 is 0. The van der Waals surface area contributed by atoms with Gasteiger partial charge >= 0.3 is 0 Å². The van der Waals surface area contributed by atoms with Crippen LogP contribution in [0.2, 0.25) is 0 Å². The molecular weight excluding hydrogens is 316 g/mol. The minimum absolute atomic E-state index is 0.0997. The lowest BCUT2D eigenvalue weighted by atomic mass is 10.2. The van der Waals surface area contributed by atoms with Crippen molar-refractivity contribution in [2.24, 2.45) is 0 Å². The molecule has 0 unspecified atom stereocenters. The number of rotatable bonds is 5. The molecular formula is C16H16N2O6. The Labute approximate surface area is 137 Å². The lowest BCUT2D eigenvalue weighted by Crippen LogP contribution is -2.17. The highest BCUT2D eigenvalue weighted by Gasteiger charge is 2.10. The Hall–Kier alpha value is -3.42. The molecule has 2 rings (SSSR count). The van der Waals surface area contributed by atoms with Gasteiger partial charge < -0.3 is 31.1 Å². The largest absolute Gasteiger partial charge is 0.504 e. The lowest BCUT2D eigenvalue weighted by Gasteiger charge is -2.08. The first-order valence-corrected chi connectivity index (χ1v) is 6.99. The van der Waals surface area contributed by atoms with Gasteiger partial charge in [0.2, 0.25) is 11.8 Å². The van der Waals surface area contributed by atoms with E-state index in [2.05, 4.69) is 10.6 Å². The molecule has 0 spiro atoms. The molecule has 0 bridgehead atoms. The average Bonchev–Trinajstić information content (AvgIpc) is 2.53. The Morgan fingerprint density at radius 3 is 1.38 bits per heavy atom. The average molecular weight is 332 g/mol. The molecule has 8 nitrogen and oxygen atoms in total. The summed E-state index contributed by atoms with van der Waals surface area (Å²) < 4.78 is 0. The second kappa shape index (κ2) is 7.23. The molecule has 126 valence electrons. The van der Waals surface area contributed by atoms with E-state index in [1.807, 2.05) is 0 Å². The molecule has 0 fully saturated rings. The number of benzene rings is 2. The van der Waals surface area contributed by atoms with Gasteiger partial charge in [-0.2, -0.15) is 0 Å². The predicted molar refractivity (Wildman–Crippen MR) is 86.0 cm³/mol. The number of hydrogen-bond acceptors (Lipinski definition) is 6. The molecule has 0 aliphatic rings. The van der Waals surface area contributed by atoms with Gasteiger partial charge in [-0.3, -0.25) is 9.59 Å². The molecule has 0 atom stereocenters. The summed E-state index contributed by atoms with van der Waals surface area (Å²) in [7, 11) is 0. The van der Waals surface area contributed by atoms with Crippen LogP contribution in [-0.4, -0.2) is 32.2 Å². The van der Waals surface area contributed by atoms with E-state index in [4.69, 9.17) is 0 Å². The quantitative estimate of drug-likeness (QED) is 0.365. The van der Waals surface area contributed by atoms with Crippen molar-refractivity contribution in [1.82, 2.24) is 0 Å². The Balaban J connectivity index is 1.83. The first-order chi connectivity index (χ1) is 11.3. The summed E-state index contributed by atoms with van der Waals surface area (Å²) in [5, 5.41) is 42.0. The molecule has 2 aromatic rings. The zero-order valence-corrected chi connectivity index (χ0v) is 12.5. The number of anilines is 2. The Morgan fingerprint density at radius 2 is 1.04 bits per heavy atom. The van der Waals surface area contributed by atoms with Crippen LogP contribution >= 0.6 is 0 Å². The lowest BCUT2D eigenvalue weighted by molar-refractivity contribution is -0.121. The number of phenolic OH excluding ortho intramolecular Hbond substituents is 4. The van der Waals surface area contributed by atoms with Gasteiger partial charge in [-0.25, -0.2) is 0 Å². The second-order valence-electron chi connectivity index (χ2n) is 5.00. The third-order valence-electron chi connectivity index (χ3n) is 3.10. The minimum atomic E-state index is -0.441. The predicted octanol–water partition coefficient (Wildman–Crippen LogP) is 1.87. The van der Waals surface area contributed by atoms with Crippen LogP contribution in [0, 0.1) is 0 Å². The molecule has 24 heavy (non-hydrogen) atoms. The first-order valence-electron chi connectivity index (χ1n) is 6.99. The Bertz CT molecular complexity index is 710. The van der Waals surface area contributed by atoms with Crippen molar-refractivity contribution in [2.45, 2.75) is 12.8 Å². The van der Waals surface area contributed by atoms with Crippen LogP contribution in [-0.2, 0) is 9.59 Å². The van der Waals surface area contributed by atoms with Crippen molar-refractivity contribution in [1.29, 1.82) is 0 Å². The van der Waals surface area contributed by atoms with Gasteiger partial charge in [-0.1, -0.05) is 0 Å². The fraction of sp³-hybridized carbons (Fsp3) is 0.125. The zero-order valence-electron chi connectivity index (χ0n) is 12.5. The highest BCUT2D eigenvalue weighted by molar-refractivity contribution is 5.97. The van der Waals surface area contributed by atoms with Gasteiger partial charge in [0.25, 0.3) is 0 Å². The summed E-state index contributed by atoms with van der Waals surface area (Å²) in [5.74, 6) is -2.21. The van der Waals surface area contributed by atoms with Crippen LogP contribution in [0.1, 0.15) is 12.8 Å². The second-order valence-corrected chi connectivity index (χ2v) is 5.00. The van der Waals surface area contributed by atoms with E-state index in [-0.39, 0.29) is 35.8 Å². The van der Waals surface area contributed by atoms with E-state index in [0.717, 1.165) is 0 Å². The number of carbonyl (C=O) groups is 2. The molecule has 0 saturated carbocycles. The van der Waals surface area contributed by atoms with Crippen molar-refractivity contribution < 1.29 is 30.0 Å². The number of phenols is 4. The van der Waals surface area contributed by atoms with Gasteiger partial charge in [-0.05, 0) is 24.3 Å². The summed E-state index contributed by atoms with van der Waals surface area (Å²) in [5.41, 5.74) is 0.582. The van der Waals surface area contributed by atoms with Gasteiger partial charge in [0.05, 0.1) is 0 Å². The number of amides is 2. The van der Waals surface area contributed by atoms with Crippen molar-refractivity contribution >= 4 is 23.2 Å². The van der Waals surface area contributed by atoms with E-state index in [1.165, 1.54) is 36.4 Å². The monoisotopic (exact) mass is 332 g/mol. The molecule has 2 aromatic carbocycles. The molecule has 0 saturated heterocycles. The maximum atomic E-state index is 11.8. The Morgan fingerprint density at radius 1 is 0.667 bits per heavy atom. The van der Waals surface area contributed by atoms with Gasteiger partial charge in [0, 0.05) is 36.3 Å². The van der Waals surface area contributed by atoms with Crippen molar-refractivity contribution in [3.8, 4) is 23.0 Å². The van der Waals surface area contributed by atoms with E-state index in [1.54, 1.807) is 0 Å². The molecule has 0 heterocycles. The maximum Gasteiger partial charge on any atom is 0.224 e. The fourth-order valence-electron chi connectivity index (χ4n) is 1.88. The molecule has 6 N–H and O–H groups in total. The van der Waals surface area contributed by atoms with Crippen LogP contribution < -0.4 is 10.6 Å². The van der Waals surface area contributed by atoms with Crippen LogP contribution in [0.5, 0.6) is 23.0 Å². The van der Waals surface area contributed by atoms with Gasteiger partial charge in [0.1, 0.15) is 0 Å². The number of aromatic hydroxyl groups is 4. The van der Waals surface area contributed by atoms with Crippen LogP contribution in [0.15, 0.2) is 36.4 Å². The summed E-state index contributed by atoms with van der Waals surface area (Å²) in [4.78, 5) is 23.5. The Kier molecular flexibility index (Phi) is 5.10. The third kappa shape index (κ3) is 4.54. The smallest absolute Gasteiger partial charge is 0.224 e. The first kappa shape index (κ1) is 16.9. The van der Waals surface area contributed by atoms with E-state index in [9.17, 15) is 30.0 Å². The summed E-state index contributed by atoms with van der Waals surface area (Å²) in [6.07, 6.45) is -0.199. The number of nitrogens with one attached hydrogen (secondary N) is 2. The molecule has 0 aliphatic carbocycles. The van der Waals surface area contributed by atoms with Crippen molar-refractivity contribution in [2.75, 3.05) is 10.6 Å². The van der Waals surface area contributed by atoms with E-state index < -0.39 is 11.8 Å². The van der Waals surface area contributed by atoms with Crippen LogP contribution in [0.25, 0.3) is 0 Å². The molecule has 0 aliphatic heterocycles. The van der Waals surface area contributed by atoms with Crippen LogP contribution in [0.4, 0.5) is 11.4 Å². The van der Waals surface area contributed by atoms with E-state index in [0.29, 0.717) is 11.4 Å². The number of hydrogen-bond donors (Lipinski definition) is 6. The standard InChI is InChI=1S/C16H16N2O6/c19-11-3-1-9(7-13(11)21)17-15(23)5-6-16(24)18-10-2-4-12(20)14(22)8-10/h1-4,7-8,19-22H,5-6H2,(H,17,23)(H,18,24). The maximum absolute atomic E-state index is 11.8. The number of carbonyl (C=O) groups excluding carboxylic acids is 2. The van der Waals surface area contributed by atoms with Gasteiger partial charge in [0.15, 0.2) is 23.0 Å². The molecule has 0 radical (unpaired) electrons. The van der Waals surface area contributed by atoms with Crippen LogP contribution in [0.3, 0.4) is 0 Å². The minimum Gasteiger partial charge on any atom is -0.504 e. The SMILES string of the molecule is O=C(CCC(=O)Nc1ccc(O)c(O)c1)Nc1ccc(O)c(O)c1. The van der Waals surface area contributed by atoms with Crippen molar-refractivity contribution in [3.05, 3.63) is 36.4 Å². The molecule has 2 amide bonds. The molecule has 8 heteroatoms. The zero-order chi connectivity index (χ0) is 17.7.